The van der Waals surface area contributed by atoms with Crippen LogP contribution >= 0.6 is 0 Å². The summed E-state index contributed by atoms with van der Waals surface area (Å²) in [6.45, 7) is 7.26. The smallest absolute Gasteiger partial charge is 0.137 e. The van der Waals surface area contributed by atoms with Crippen molar-refractivity contribution in [2.24, 2.45) is 0 Å². The number of hydrogen-bond donors (Lipinski definition) is 2. The molecule has 0 aliphatic carbocycles. The maximum atomic E-state index is 10.3. The lowest BCUT2D eigenvalue weighted by Gasteiger charge is -2.27. The molecule has 0 spiro atoms. The molecule has 1 heterocycles. The maximum Gasteiger partial charge on any atom is 0.137 e. The summed E-state index contributed by atoms with van der Waals surface area (Å²) in [5.41, 5.74) is 5.16. The summed E-state index contributed by atoms with van der Waals surface area (Å²) in [5, 5.41) is 10.3. The molecular formula is C20H26NO2+. The van der Waals surface area contributed by atoms with Crippen LogP contribution in [0.1, 0.15) is 22.3 Å². The van der Waals surface area contributed by atoms with Crippen molar-refractivity contribution in [3.05, 3.63) is 64.7 Å². The Kier molecular flexibility index (Phi) is 4.99. The zero-order valence-corrected chi connectivity index (χ0v) is 14.0. The largest absolute Gasteiger partial charge is 0.490 e. The van der Waals surface area contributed by atoms with E-state index in [2.05, 4.69) is 43.3 Å². The molecule has 0 radical (unpaired) electrons. The Labute approximate surface area is 138 Å². The molecule has 2 N–H and O–H groups in total. The highest BCUT2D eigenvalue weighted by Crippen LogP contribution is 2.19. The average Bonchev–Trinajstić information content (AvgIpc) is 2.55. The average molecular weight is 312 g/mol. The van der Waals surface area contributed by atoms with Gasteiger partial charge in [-0.1, -0.05) is 36.4 Å². The Morgan fingerprint density at radius 3 is 2.74 bits per heavy atom. The Bertz CT molecular complexity index is 668. The summed E-state index contributed by atoms with van der Waals surface area (Å²) in [4.78, 5) is 1.43. The lowest BCUT2D eigenvalue weighted by Crippen LogP contribution is -3.13. The number of benzene rings is 2. The highest BCUT2D eigenvalue weighted by atomic mass is 16.5. The van der Waals surface area contributed by atoms with Crippen molar-refractivity contribution in [3.63, 3.8) is 0 Å². The van der Waals surface area contributed by atoms with Crippen LogP contribution < -0.4 is 9.64 Å². The van der Waals surface area contributed by atoms with Crippen LogP contribution in [0.4, 0.5) is 0 Å². The minimum absolute atomic E-state index is 0.357. The van der Waals surface area contributed by atoms with Crippen LogP contribution in [0, 0.1) is 13.8 Å². The second-order valence-corrected chi connectivity index (χ2v) is 6.63. The van der Waals surface area contributed by atoms with E-state index in [1.807, 2.05) is 13.0 Å². The third-order valence-electron chi connectivity index (χ3n) is 4.61. The van der Waals surface area contributed by atoms with Gasteiger partial charge >= 0.3 is 0 Å². The first-order valence-corrected chi connectivity index (χ1v) is 8.40. The number of aryl methyl sites for hydroxylation is 2. The first-order valence-electron chi connectivity index (χ1n) is 8.40. The summed E-state index contributed by atoms with van der Waals surface area (Å²) >= 11 is 0. The molecule has 23 heavy (non-hydrogen) atoms. The first-order chi connectivity index (χ1) is 11.1. The van der Waals surface area contributed by atoms with Gasteiger partial charge in [-0.3, -0.25) is 0 Å². The minimum Gasteiger partial charge on any atom is -0.490 e. The molecule has 2 atom stereocenters. The second kappa shape index (κ2) is 7.16. The van der Waals surface area contributed by atoms with Crippen LogP contribution in [-0.4, -0.2) is 30.9 Å². The van der Waals surface area contributed by atoms with Gasteiger partial charge in [-0.15, -0.1) is 0 Å². The van der Waals surface area contributed by atoms with Gasteiger partial charge in [-0.2, -0.15) is 0 Å². The van der Waals surface area contributed by atoms with E-state index in [1.165, 1.54) is 21.6 Å². The van der Waals surface area contributed by atoms with Crippen LogP contribution in [-0.2, 0) is 13.0 Å². The molecule has 3 heteroatoms. The molecule has 0 saturated carbocycles. The number of hydrogen-bond acceptors (Lipinski definition) is 2. The molecule has 0 saturated heterocycles. The topological polar surface area (TPSA) is 33.9 Å². The van der Waals surface area contributed by atoms with Crippen LogP contribution in [0.2, 0.25) is 0 Å². The SMILES string of the molecule is Cc1ccc(C)c(OC[C@H](O)C[NH+]2CCc3ccccc3C2)c1. The molecular weight excluding hydrogens is 286 g/mol. The minimum atomic E-state index is -0.435. The number of rotatable bonds is 5. The Hall–Kier alpha value is -1.84. The maximum absolute atomic E-state index is 10.3. The van der Waals surface area contributed by atoms with Crippen LogP contribution in [0.15, 0.2) is 42.5 Å². The van der Waals surface area contributed by atoms with Gasteiger partial charge in [0.25, 0.3) is 0 Å². The number of ether oxygens (including phenoxy) is 1. The predicted octanol–water partition coefficient (Wildman–Crippen LogP) is 1.68. The molecule has 1 unspecified atom stereocenters. The van der Waals surface area contributed by atoms with Gasteiger partial charge in [-0.05, 0) is 36.6 Å². The molecule has 0 bridgehead atoms. The van der Waals surface area contributed by atoms with Gasteiger partial charge in [0.15, 0.2) is 0 Å². The molecule has 1 aliphatic rings. The standard InChI is InChI=1S/C20H25NO2/c1-15-7-8-16(2)20(11-15)23-14-19(22)13-21-10-9-17-5-3-4-6-18(17)12-21/h3-8,11,19,22H,9-10,12-14H2,1-2H3/p+1/t19-/m1/s1. The molecule has 3 rings (SSSR count). The number of nitrogens with one attached hydrogen (secondary N) is 1. The first kappa shape index (κ1) is 16.0. The third kappa shape index (κ3) is 4.12. The van der Waals surface area contributed by atoms with Gasteiger partial charge in [-0.25, -0.2) is 0 Å². The second-order valence-electron chi connectivity index (χ2n) is 6.63. The zero-order chi connectivity index (χ0) is 16.2. The molecule has 0 amide bonds. The predicted molar refractivity (Wildman–Crippen MR) is 92.0 cm³/mol. The number of aliphatic hydroxyl groups is 1. The fourth-order valence-corrected chi connectivity index (χ4v) is 3.26. The van der Waals surface area contributed by atoms with E-state index in [0.29, 0.717) is 6.61 Å². The molecule has 122 valence electrons. The van der Waals surface area contributed by atoms with E-state index in [1.54, 1.807) is 0 Å². The molecule has 2 aromatic carbocycles. The highest BCUT2D eigenvalue weighted by Gasteiger charge is 2.22. The van der Waals surface area contributed by atoms with Crippen LogP contribution in [0.3, 0.4) is 0 Å². The van der Waals surface area contributed by atoms with Gasteiger partial charge in [0, 0.05) is 12.0 Å². The van der Waals surface area contributed by atoms with E-state index in [-0.39, 0.29) is 0 Å². The van der Waals surface area contributed by atoms with E-state index in [9.17, 15) is 5.11 Å². The monoisotopic (exact) mass is 312 g/mol. The fraction of sp³-hybridized carbons (Fsp3) is 0.400. The van der Waals surface area contributed by atoms with E-state index in [4.69, 9.17) is 4.74 Å². The molecule has 1 aliphatic heterocycles. The van der Waals surface area contributed by atoms with E-state index >= 15 is 0 Å². The molecule has 0 fully saturated rings. The van der Waals surface area contributed by atoms with Gasteiger partial charge in [0.05, 0.1) is 6.54 Å². The molecule has 0 aromatic heterocycles. The van der Waals surface area contributed by atoms with Gasteiger partial charge in [0.2, 0.25) is 0 Å². The lowest BCUT2D eigenvalue weighted by atomic mass is 10.00. The van der Waals surface area contributed by atoms with E-state index in [0.717, 1.165) is 37.4 Å². The lowest BCUT2D eigenvalue weighted by molar-refractivity contribution is -0.918. The van der Waals surface area contributed by atoms with Crippen LogP contribution in [0.25, 0.3) is 0 Å². The highest BCUT2D eigenvalue weighted by molar-refractivity contribution is 5.36. The summed E-state index contributed by atoms with van der Waals surface area (Å²) < 4.78 is 5.83. The summed E-state index contributed by atoms with van der Waals surface area (Å²) in [6, 6.07) is 14.8. The van der Waals surface area contributed by atoms with E-state index < -0.39 is 6.10 Å². The zero-order valence-electron chi connectivity index (χ0n) is 14.0. The van der Waals surface area contributed by atoms with Crippen molar-refractivity contribution < 1.29 is 14.7 Å². The molecule has 2 aromatic rings. The number of fused-ring (bicyclic) bond motifs is 1. The van der Waals surface area contributed by atoms with Crippen LogP contribution in [0.5, 0.6) is 5.75 Å². The fourth-order valence-electron chi connectivity index (χ4n) is 3.26. The molecule has 3 nitrogen and oxygen atoms in total. The number of aliphatic hydroxyl groups excluding tert-OH is 1. The summed E-state index contributed by atoms with van der Waals surface area (Å²) in [5.74, 6) is 0.878. The summed E-state index contributed by atoms with van der Waals surface area (Å²) in [6.07, 6.45) is 0.658. The quantitative estimate of drug-likeness (QED) is 0.881. The van der Waals surface area contributed by atoms with Crippen molar-refractivity contribution in [1.82, 2.24) is 0 Å². The third-order valence-corrected chi connectivity index (χ3v) is 4.61. The van der Waals surface area contributed by atoms with Gasteiger partial charge < -0.3 is 14.7 Å². The Morgan fingerprint density at radius 2 is 1.91 bits per heavy atom. The van der Waals surface area contributed by atoms with Crippen molar-refractivity contribution in [1.29, 1.82) is 0 Å². The van der Waals surface area contributed by atoms with Crippen molar-refractivity contribution in [2.75, 3.05) is 19.7 Å². The van der Waals surface area contributed by atoms with Crippen molar-refractivity contribution in [2.45, 2.75) is 32.9 Å². The van der Waals surface area contributed by atoms with Crippen molar-refractivity contribution in [3.8, 4) is 5.75 Å². The Balaban J connectivity index is 1.52. The Morgan fingerprint density at radius 1 is 1.13 bits per heavy atom. The number of quaternary nitrogens is 1. The summed E-state index contributed by atoms with van der Waals surface area (Å²) in [7, 11) is 0. The normalized spacial score (nSPS) is 18.3. The van der Waals surface area contributed by atoms with Crippen molar-refractivity contribution >= 4 is 0 Å². The van der Waals surface area contributed by atoms with Gasteiger partial charge in [0.1, 0.15) is 31.5 Å².